The van der Waals surface area contributed by atoms with Crippen LogP contribution in [0.25, 0.3) is 0 Å². The molecule has 0 saturated heterocycles. The van der Waals surface area contributed by atoms with Crippen LogP contribution in [-0.4, -0.2) is 24.1 Å². The molecule has 0 radical (unpaired) electrons. The van der Waals surface area contributed by atoms with E-state index in [1.165, 1.54) is 5.41 Å². The van der Waals surface area contributed by atoms with Crippen LogP contribution in [0.1, 0.15) is 17.8 Å². The van der Waals surface area contributed by atoms with Gasteiger partial charge in [-0.15, -0.1) is 0 Å². The first-order valence-corrected chi connectivity index (χ1v) is 10.3. The molecule has 0 aromatic carbocycles. The Hall–Kier alpha value is -2.93. The molecule has 1 aliphatic heterocycles. The Kier molecular flexibility index (Phi) is 4.31. The first-order chi connectivity index (χ1) is 12.9. The average Bonchev–Trinajstić information content (AvgIpc) is 2.91. The maximum Gasteiger partial charge on any atom is 0.176 e. The molecule has 6 nitrogen and oxygen atoms in total. The summed E-state index contributed by atoms with van der Waals surface area (Å²) >= 11 is 0. The number of nitrogens with zero attached hydrogens (tertiary/aromatic N) is 2. The molecule has 0 unspecified atom stereocenters. The molecule has 2 aromatic heterocycles. The number of nitrogens with one attached hydrogen (secondary N) is 1. The van der Waals surface area contributed by atoms with E-state index in [4.69, 9.17) is 4.74 Å². The highest BCUT2D eigenvalue weighted by atomic mass is 32.2. The zero-order valence-corrected chi connectivity index (χ0v) is 15.9. The van der Waals surface area contributed by atoms with Crippen molar-refractivity contribution in [1.29, 1.82) is 0 Å². The molecule has 0 saturated carbocycles. The van der Waals surface area contributed by atoms with Crippen molar-refractivity contribution in [3.05, 3.63) is 76.3 Å². The Labute approximate surface area is 158 Å². The molecule has 7 heteroatoms. The van der Waals surface area contributed by atoms with E-state index in [0.717, 1.165) is 28.2 Å². The van der Waals surface area contributed by atoms with E-state index in [2.05, 4.69) is 15.3 Å². The average molecular weight is 381 g/mol. The highest BCUT2D eigenvalue weighted by Gasteiger charge is 2.25. The molecular weight excluding hydrogens is 362 g/mol. The summed E-state index contributed by atoms with van der Waals surface area (Å²) in [6.45, 7) is 3.84. The van der Waals surface area contributed by atoms with Gasteiger partial charge in [0.05, 0.1) is 11.4 Å². The summed E-state index contributed by atoms with van der Waals surface area (Å²) in [5.74, 6) is 2.04. The molecule has 0 atom stereocenters. The van der Waals surface area contributed by atoms with Crippen LogP contribution in [0.2, 0.25) is 0 Å². The lowest BCUT2D eigenvalue weighted by Crippen LogP contribution is -2.06. The van der Waals surface area contributed by atoms with Crippen LogP contribution in [-0.2, 0) is 9.84 Å². The van der Waals surface area contributed by atoms with Crippen LogP contribution in [0.4, 0.5) is 5.82 Å². The van der Waals surface area contributed by atoms with Gasteiger partial charge < -0.3 is 10.1 Å². The van der Waals surface area contributed by atoms with Crippen molar-refractivity contribution >= 4 is 15.7 Å². The van der Waals surface area contributed by atoms with Crippen LogP contribution < -0.4 is 10.1 Å². The van der Waals surface area contributed by atoms with Gasteiger partial charge in [0.2, 0.25) is 0 Å². The predicted octanol–water partition coefficient (Wildman–Crippen LogP) is 3.82. The second-order valence-corrected chi connectivity index (χ2v) is 8.47. The minimum atomic E-state index is -3.11. The highest BCUT2D eigenvalue weighted by Crippen LogP contribution is 2.32. The van der Waals surface area contributed by atoms with Crippen molar-refractivity contribution in [3.63, 3.8) is 0 Å². The lowest BCUT2D eigenvalue weighted by Gasteiger charge is -2.14. The summed E-state index contributed by atoms with van der Waals surface area (Å²) in [4.78, 5) is 8.72. The Morgan fingerprint density at radius 3 is 2.81 bits per heavy atom. The van der Waals surface area contributed by atoms with E-state index in [1.807, 2.05) is 38.1 Å². The summed E-state index contributed by atoms with van der Waals surface area (Å²) < 4.78 is 29.4. The predicted molar refractivity (Wildman–Crippen MR) is 104 cm³/mol. The van der Waals surface area contributed by atoms with Gasteiger partial charge in [-0.2, -0.15) is 0 Å². The molecular formula is C20H19N3O3S. The smallest absolute Gasteiger partial charge is 0.176 e. The maximum atomic E-state index is 11.7. The standard InChI is InChI=1S/C20H19N3O3S/c1-13-3-6-19(14(2)22-13)26-18-7-8-21-20(10-18)23-17-5-4-15-11-27(24,25)12-16(15)9-17/h3,5-11H,4,12H2,1-2H3,(H,21,23). The molecule has 0 spiro atoms. The fraction of sp³-hybridized carbons (Fsp3) is 0.200. The van der Waals surface area contributed by atoms with Gasteiger partial charge in [0, 0.05) is 29.1 Å². The molecule has 2 aliphatic rings. The molecule has 0 fully saturated rings. The number of sulfone groups is 1. The van der Waals surface area contributed by atoms with Gasteiger partial charge in [0.15, 0.2) is 9.84 Å². The van der Waals surface area contributed by atoms with Crippen LogP contribution in [0.5, 0.6) is 11.5 Å². The largest absolute Gasteiger partial charge is 0.455 e. The second kappa shape index (κ2) is 6.66. The van der Waals surface area contributed by atoms with E-state index in [-0.39, 0.29) is 5.75 Å². The second-order valence-electron chi connectivity index (χ2n) is 6.62. The van der Waals surface area contributed by atoms with E-state index < -0.39 is 9.84 Å². The van der Waals surface area contributed by atoms with E-state index >= 15 is 0 Å². The first-order valence-electron chi connectivity index (χ1n) is 8.58. The monoisotopic (exact) mass is 381 g/mol. The number of aromatic nitrogens is 2. The number of allylic oxidation sites excluding steroid dienone is 3. The first kappa shape index (κ1) is 17.5. The number of fused-ring (bicyclic) bond motifs is 1. The Morgan fingerprint density at radius 2 is 2.00 bits per heavy atom. The highest BCUT2D eigenvalue weighted by molar-refractivity contribution is 7.94. The third-order valence-electron chi connectivity index (χ3n) is 4.37. The van der Waals surface area contributed by atoms with Crippen molar-refractivity contribution in [2.24, 2.45) is 0 Å². The summed E-state index contributed by atoms with van der Waals surface area (Å²) in [7, 11) is -3.11. The topological polar surface area (TPSA) is 81.2 Å². The van der Waals surface area contributed by atoms with Crippen molar-refractivity contribution in [1.82, 2.24) is 9.97 Å². The molecule has 0 bridgehead atoms. The van der Waals surface area contributed by atoms with Crippen LogP contribution in [0.15, 0.2) is 64.9 Å². The molecule has 3 heterocycles. The number of anilines is 1. The van der Waals surface area contributed by atoms with Gasteiger partial charge in [0.25, 0.3) is 0 Å². The lowest BCUT2D eigenvalue weighted by molar-refractivity contribution is 0.475. The molecule has 0 amide bonds. The fourth-order valence-electron chi connectivity index (χ4n) is 3.11. The zero-order chi connectivity index (χ0) is 19.0. The van der Waals surface area contributed by atoms with Crippen LogP contribution >= 0.6 is 0 Å². The third-order valence-corrected chi connectivity index (χ3v) is 5.73. The van der Waals surface area contributed by atoms with E-state index in [1.54, 1.807) is 18.3 Å². The fourth-order valence-corrected chi connectivity index (χ4v) is 4.58. The molecule has 4 rings (SSSR count). The van der Waals surface area contributed by atoms with Crippen molar-refractivity contribution in [2.75, 3.05) is 11.1 Å². The van der Waals surface area contributed by atoms with Crippen molar-refractivity contribution < 1.29 is 13.2 Å². The number of hydrogen-bond donors (Lipinski definition) is 1. The summed E-state index contributed by atoms with van der Waals surface area (Å²) in [6.07, 6.45) is 6.08. The van der Waals surface area contributed by atoms with Crippen LogP contribution in [0.3, 0.4) is 0 Å². The van der Waals surface area contributed by atoms with Crippen LogP contribution in [0, 0.1) is 13.8 Å². The van der Waals surface area contributed by atoms with Gasteiger partial charge in [-0.25, -0.2) is 13.4 Å². The lowest BCUT2D eigenvalue weighted by atomic mass is 10.00. The molecule has 27 heavy (non-hydrogen) atoms. The Balaban J connectivity index is 1.51. The summed E-state index contributed by atoms with van der Waals surface area (Å²) in [5, 5.41) is 4.60. The summed E-state index contributed by atoms with van der Waals surface area (Å²) in [6, 6.07) is 7.38. The molecule has 1 aliphatic carbocycles. The molecule has 138 valence electrons. The number of rotatable bonds is 4. The molecule has 1 N–H and O–H groups in total. The van der Waals surface area contributed by atoms with Gasteiger partial charge in [-0.3, -0.25) is 4.98 Å². The SMILES string of the molecule is Cc1ccc(Oc2ccnc(NC3=CCC4=CS(=O)(=O)CC4=C3)c2)c(C)n1. The van der Waals surface area contributed by atoms with Gasteiger partial charge in [0.1, 0.15) is 17.3 Å². The van der Waals surface area contributed by atoms with Crippen molar-refractivity contribution in [2.45, 2.75) is 20.3 Å². The number of ether oxygens (including phenoxy) is 1. The quantitative estimate of drug-likeness (QED) is 0.867. The van der Waals surface area contributed by atoms with E-state index in [0.29, 0.717) is 23.7 Å². The number of pyridine rings is 2. The maximum absolute atomic E-state index is 11.7. The Bertz CT molecular complexity index is 1120. The van der Waals surface area contributed by atoms with Gasteiger partial charge in [-0.1, -0.05) is 6.08 Å². The number of hydrogen-bond acceptors (Lipinski definition) is 6. The third kappa shape index (κ3) is 3.93. The Morgan fingerprint density at radius 1 is 1.15 bits per heavy atom. The number of aryl methyl sites for hydroxylation is 2. The zero-order valence-electron chi connectivity index (χ0n) is 15.1. The minimum absolute atomic E-state index is 0.0671. The van der Waals surface area contributed by atoms with Gasteiger partial charge >= 0.3 is 0 Å². The normalized spacial score (nSPS) is 17.5. The van der Waals surface area contributed by atoms with Crippen molar-refractivity contribution in [3.8, 4) is 11.5 Å². The van der Waals surface area contributed by atoms with E-state index in [9.17, 15) is 8.42 Å². The minimum Gasteiger partial charge on any atom is -0.455 e. The summed E-state index contributed by atoms with van der Waals surface area (Å²) in [5.41, 5.74) is 4.30. The van der Waals surface area contributed by atoms with Gasteiger partial charge in [-0.05, 0) is 55.7 Å². The molecule has 2 aromatic rings.